The molecule has 0 saturated carbocycles. The van der Waals surface area contributed by atoms with Crippen LogP contribution in [0.1, 0.15) is 25.6 Å². The predicted octanol–water partition coefficient (Wildman–Crippen LogP) is 2.18. The van der Waals surface area contributed by atoms with E-state index in [0.717, 1.165) is 4.90 Å². The normalized spacial score (nSPS) is 19.0. The van der Waals surface area contributed by atoms with Gasteiger partial charge in [-0.25, -0.2) is 13.2 Å². The third kappa shape index (κ3) is 4.34. The van der Waals surface area contributed by atoms with Crippen molar-refractivity contribution in [3.05, 3.63) is 46.7 Å². The molecule has 1 aromatic heterocycles. The number of urea groups is 1. The van der Waals surface area contributed by atoms with Gasteiger partial charge in [0.25, 0.3) is 5.91 Å². The summed E-state index contributed by atoms with van der Waals surface area (Å²) in [5.41, 5.74) is -0.844. The molecule has 1 unspecified atom stereocenters. The zero-order valence-corrected chi connectivity index (χ0v) is 19.0. The molecule has 1 saturated heterocycles. The average molecular weight is 465 g/mol. The first-order valence-electron chi connectivity index (χ1n) is 9.71. The summed E-state index contributed by atoms with van der Waals surface area (Å²) in [6.07, 6.45) is 0. The first-order chi connectivity index (χ1) is 14.6. The number of benzene rings is 1. The molecule has 4 amide bonds. The molecule has 1 aromatic carbocycles. The van der Waals surface area contributed by atoms with Crippen LogP contribution in [-0.2, 0) is 25.2 Å². The van der Waals surface area contributed by atoms with Crippen LogP contribution >= 0.6 is 11.3 Å². The summed E-state index contributed by atoms with van der Waals surface area (Å²) in [5, 5.41) is 7.04. The number of rotatable bonds is 8. The fourth-order valence-electron chi connectivity index (χ4n) is 3.34. The van der Waals surface area contributed by atoms with Gasteiger partial charge in [0, 0.05) is 23.7 Å². The van der Waals surface area contributed by atoms with Gasteiger partial charge in [0.05, 0.1) is 4.90 Å². The summed E-state index contributed by atoms with van der Waals surface area (Å²) in [6.45, 7) is 5.38. The second-order valence-electron chi connectivity index (χ2n) is 7.09. The van der Waals surface area contributed by atoms with Crippen LogP contribution in [0.4, 0.5) is 10.5 Å². The number of sulfonamides is 1. The highest BCUT2D eigenvalue weighted by Gasteiger charge is 2.50. The van der Waals surface area contributed by atoms with Gasteiger partial charge < -0.3 is 10.6 Å². The monoisotopic (exact) mass is 464 g/mol. The number of carbonyl (C=O) groups excluding carboxylic acids is 3. The minimum atomic E-state index is -3.60. The van der Waals surface area contributed by atoms with Gasteiger partial charge in [-0.2, -0.15) is 4.31 Å². The van der Waals surface area contributed by atoms with Crippen LogP contribution in [0.2, 0.25) is 0 Å². The largest absolute Gasteiger partial charge is 0.325 e. The first kappa shape index (κ1) is 22.9. The summed E-state index contributed by atoms with van der Waals surface area (Å²) in [4.78, 5) is 39.2. The van der Waals surface area contributed by atoms with Crippen molar-refractivity contribution < 1.29 is 22.8 Å². The second kappa shape index (κ2) is 8.77. The molecule has 0 bridgehead atoms. The predicted molar refractivity (Wildman–Crippen MR) is 117 cm³/mol. The van der Waals surface area contributed by atoms with Crippen molar-refractivity contribution in [3.63, 3.8) is 0 Å². The number of carbonyl (C=O) groups is 3. The maximum absolute atomic E-state index is 12.8. The van der Waals surface area contributed by atoms with E-state index in [4.69, 9.17) is 0 Å². The summed E-state index contributed by atoms with van der Waals surface area (Å²) < 4.78 is 26.4. The molecule has 2 N–H and O–H groups in total. The van der Waals surface area contributed by atoms with Crippen LogP contribution in [0.5, 0.6) is 0 Å². The minimum Gasteiger partial charge on any atom is -0.325 e. The number of hydrogen-bond donors (Lipinski definition) is 2. The summed E-state index contributed by atoms with van der Waals surface area (Å²) in [6, 6.07) is 8.64. The minimum absolute atomic E-state index is 0.120. The molecule has 1 atom stereocenters. The molecule has 11 heteroatoms. The van der Waals surface area contributed by atoms with Crippen molar-refractivity contribution >= 4 is 44.9 Å². The molecule has 31 heavy (non-hydrogen) atoms. The number of thiophene rings is 1. The lowest BCUT2D eigenvalue weighted by Crippen LogP contribution is -2.41. The van der Waals surface area contributed by atoms with Gasteiger partial charge in [0.2, 0.25) is 15.9 Å². The number of hydrogen-bond acceptors (Lipinski definition) is 6. The molecule has 1 aliphatic heterocycles. The molecule has 2 heterocycles. The van der Waals surface area contributed by atoms with Crippen molar-refractivity contribution in [1.29, 1.82) is 0 Å². The average Bonchev–Trinajstić information content (AvgIpc) is 3.34. The third-order valence-corrected chi connectivity index (χ3v) is 8.23. The Morgan fingerprint density at radius 1 is 1.16 bits per heavy atom. The Labute approximate surface area is 185 Å². The summed E-state index contributed by atoms with van der Waals surface area (Å²) in [5.74, 6) is -1.07. The molecule has 0 aliphatic carbocycles. The number of anilines is 1. The van der Waals surface area contributed by atoms with Crippen molar-refractivity contribution in [3.8, 4) is 0 Å². The Hall–Kier alpha value is -2.76. The zero-order valence-electron chi connectivity index (χ0n) is 17.4. The Kier molecular flexibility index (Phi) is 6.48. The highest BCUT2D eigenvalue weighted by atomic mass is 32.2. The van der Waals surface area contributed by atoms with E-state index < -0.39 is 40.0 Å². The molecular weight excluding hydrogens is 440 g/mol. The highest BCUT2D eigenvalue weighted by molar-refractivity contribution is 7.89. The van der Waals surface area contributed by atoms with Crippen molar-refractivity contribution in [2.45, 2.75) is 31.2 Å². The molecule has 0 spiro atoms. The number of nitrogens with zero attached hydrogens (tertiary/aromatic N) is 2. The second-order valence-corrected chi connectivity index (χ2v) is 9.97. The zero-order chi connectivity index (χ0) is 22.8. The van der Waals surface area contributed by atoms with Crippen LogP contribution in [0.25, 0.3) is 0 Å². The fraction of sp³-hybridized carbons (Fsp3) is 0.350. The number of imide groups is 1. The van der Waals surface area contributed by atoms with Gasteiger partial charge >= 0.3 is 6.03 Å². The maximum Gasteiger partial charge on any atom is 0.325 e. The molecule has 2 aromatic rings. The molecule has 3 rings (SSSR count). The Morgan fingerprint density at radius 3 is 2.35 bits per heavy atom. The number of nitrogens with one attached hydrogen (secondary N) is 2. The van der Waals surface area contributed by atoms with Gasteiger partial charge in [0.1, 0.15) is 6.54 Å². The smallest absolute Gasteiger partial charge is 0.325 e. The lowest BCUT2D eigenvalue weighted by molar-refractivity contribution is -0.133. The Morgan fingerprint density at radius 2 is 1.81 bits per heavy atom. The van der Waals surface area contributed by atoms with E-state index in [1.165, 1.54) is 39.9 Å². The van der Waals surface area contributed by atoms with Crippen LogP contribution < -0.4 is 10.6 Å². The van der Waals surface area contributed by atoms with Crippen LogP contribution in [0.15, 0.2) is 46.7 Å². The van der Waals surface area contributed by atoms with E-state index in [9.17, 15) is 22.8 Å². The van der Waals surface area contributed by atoms with E-state index in [1.807, 2.05) is 0 Å². The van der Waals surface area contributed by atoms with E-state index >= 15 is 0 Å². The Balaban J connectivity index is 1.67. The van der Waals surface area contributed by atoms with Crippen LogP contribution in [0, 0.1) is 0 Å². The lowest BCUT2D eigenvalue weighted by Gasteiger charge is -2.20. The van der Waals surface area contributed by atoms with E-state index in [2.05, 4.69) is 10.6 Å². The van der Waals surface area contributed by atoms with Crippen molar-refractivity contribution in [2.24, 2.45) is 0 Å². The van der Waals surface area contributed by atoms with Gasteiger partial charge in [0.15, 0.2) is 5.54 Å². The quantitative estimate of drug-likeness (QED) is 0.581. The molecular formula is C20H24N4O5S2. The van der Waals surface area contributed by atoms with Gasteiger partial charge in [-0.05, 0) is 42.6 Å². The lowest BCUT2D eigenvalue weighted by atomic mass is 10.0. The van der Waals surface area contributed by atoms with E-state index in [0.29, 0.717) is 23.7 Å². The SMILES string of the molecule is CCN(CC)S(=O)(=O)c1ccc(NC(=O)CN2C(=O)NC(C)(c3cccs3)C2=O)cc1. The topological polar surface area (TPSA) is 116 Å². The number of amides is 4. The molecule has 0 radical (unpaired) electrons. The molecule has 1 aliphatic rings. The fourth-order valence-corrected chi connectivity index (χ4v) is 5.63. The first-order valence-corrected chi connectivity index (χ1v) is 12.0. The van der Waals surface area contributed by atoms with E-state index in [-0.39, 0.29) is 4.90 Å². The van der Waals surface area contributed by atoms with Gasteiger partial charge in [-0.1, -0.05) is 19.9 Å². The summed E-state index contributed by atoms with van der Waals surface area (Å²) >= 11 is 1.34. The molecule has 9 nitrogen and oxygen atoms in total. The standard InChI is InChI=1S/C20H24N4O5S2/c1-4-23(5-2)31(28,29)15-10-8-14(9-11-15)21-17(25)13-24-18(26)20(3,22-19(24)27)16-7-6-12-30-16/h6-12H,4-5,13H2,1-3H3,(H,21,25)(H,22,27). The van der Waals surface area contributed by atoms with Gasteiger partial charge in [-0.3, -0.25) is 14.5 Å². The molecule has 1 fully saturated rings. The van der Waals surface area contributed by atoms with Crippen molar-refractivity contribution in [2.75, 3.05) is 25.0 Å². The maximum atomic E-state index is 12.8. The third-order valence-electron chi connectivity index (χ3n) is 5.07. The van der Waals surface area contributed by atoms with E-state index in [1.54, 1.807) is 38.3 Å². The van der Waals surface area contributed by atoms with Crippen LogP contribution in [-0.4, -0.2) is 55.1 Å². The van der Waals surface area contributed by atoms with Gasteiger partial charge in [-0.15, -0.1) is 11.3 Å². The molecule has 166 valence electrons. The Bertz CT molecular complexity index is 1080. The summed E-state index contributed by atoms with van der Waals surface area (Å²) in [7, 11) is -3.60. The van der Waals surface area contributed by atoms with Crippen molar-refractivity contribution in [1.82, 2.24) is 14.5 Å². The van der Waals surface area contributed by atoms with Crippen LogP contribution in [0.3, 0.4) is 0 Å². The highest BCUT2D eigenvalue weighted by Crippen LogP contribution is 2.31.